The smallest absolute Gasteiger partial charge is 0.383 e. The molecular formula is C28H27F3N6O2. The van der Waals surface area contributed by atoms with Crippen molar-refractivity contribution in [2.24, 2.45) is 0 Å². The fourth-order valence-electron chi connectivity index (χ4n) is 4.76. The Labute approximate surface area is 221 Å². The number of urea groups is 1. The van der Waals surface area contributed by atoms with Crippen LogP contribution in [0, 0.1) is 0 Å². The number of benzene rings is 3. The Bertz CT molecular complexity index is 1710. The molecule has 5 rings (SSSR count). The van der Waals surface area contributed by atoms with Crippen molar-refractivity contribution in [2.75, 3.05) is 42.1 Å². The van der Waals surface area contributed by atoms with Gasteiger partial charge < -0.3 is 20.9 Å². The van der Waals surface area contributed by atoms with Crippen molar-refractivity contribution >= 4 is 50.4 Å². The summed E-state index contributed by atoms with van der Waals surface area (Å²) in [6.45, 7) is 7.55. The number of nitrogens with zero attached hydrogens (tertiary/aromatic N) is 3. The zero-order valence-corrected chi connectivity index (χ0v) is 21.4. The van der Waals surface area contributed by atoms with Crippen LogP contribution in [-0.4, -0.2) is 46.5 Å². The van der Waals surface area contributed by atoms with E-state index in [4.69, 9.17) is 0 Å². The molecular weight excluding hydrogens is 509 g/mol. The van der Waals surface area contributed by atoms with Crippen molar-refractivity contribution < 1.29 is 18.0 Å². The average molecular weight is 537 g/mol. The predicted octanol–water partition coefficient (Wildman–Crippen LogP) is 5.86. The molecule has 2 amide bonds. The van der Waals surface area contributed by atoms with Gasteiger partial charge in [-0.05, 0) is 61.6 Å². The molecule has 2 aromatic heterocycles. The van der Waals surface area contributed by atoms with Crippen molar-refractivity contribution in [1.82, 2.24) is 14.3 Å². The number of amides is 2. The third-order valence-electron chi connectivity index (χ3n) is 6.78. The molecule has 202 valence electrons. The molecule has 5 aromatic rings. The molecule has 2 heterocycles. The van der Waals surface area contributed by atoms with Crippen molar-refractivity contribution in [3.63, 3.8) is 0 Å². The Balaban J connectivity index is 1.46. The number of imidazole rings is 1. The maximum atomic E-state index is 13.8. The van der Waals surface area contributed by atoms with Crippen molar-refractivity contribution in [1.29, 1.82) is 0 Å². The summed E-state index contributed by atoms with van der Waals surface area (Å²) >= 11 is 0. The number of nitrogens with one attached hydrogen (secondary N) is 3. The molecule has 0 saturated carbocycles. The lowest BCUT2D eigenvalue weighted by Crippen LogP contribution is -2.28. The number of hydrogen-bond donors (Lipinski definition) is 3. The van der Waals surface area contributed by atoms with E-state index in [9.17, 15) is 22.8 Å². The minimum absolute atomic E-state index is 0.00785. The number of halogens is 3. The van der Waals surface area contributed by atoms with Crippen LogP contribution < -0.4 is 21.4 Å². The maximum absolute atomic E-state index is 13.8. The van der Waals surface area contributed by atoms with Crippen molar-refractivity contribution in [2.45, 2.75) is 20.0 Å². The normalized spacial score (nSPS) is 12.1. The first kappa shape index (κ1) is 26.2. The number of hydrogen-bond acceptors (Lipinski definition) is 5. The van der Waals surface area contributed by atoms with Crippen LogP contribution in [0.5, 0.6) is 0 Å². The Morgan fingerprint density at radius 2 is 1.74 bits per heavy atom. The zero-order valence-electron chi connectivity index (χ0n) is 21.4. The first-order chi connectivity index (χ1) is 18.7. The van der Waals surface area contributed by atoms with Crippen LogP contribution in [0.3, 0.4) is 0 Å². The number of likely N-dealkylation sites (N-methyl/N-ethyl adjacent to an activating group) is 1. The molecule has 3 aromatic carbocycles. The van der Waals surface area contributed by atoms with Gasteiger partial charge >= 0.3 is 12.2 Å². The summed E-state index contributed by atoms with van der Waals surface area (Å²) in [5.41, 5.74) is 1.96. The summed E-state index contributed by atoms with van der Waals surface area (Å²) < 4.78 is 40.9. The van der Waals surface area contributed by atoms with Crippen LogP contribution in [0.15, 0.2) is 65.7 Å². The highest BCUT2D eigenvalue weighted by molar-refractivity contribution is 6.08. The Morgan fingerprint density at radius 1 is 1.00 bits per heavy atom. The van der Waals surface area contributed by atoms with Crippen LogP contribution >= 0.6 is 0 Å². The minimum atomic E-state index is -4.53. The lowest BCUT2D eigenvalue weighted by molar-refractivity contribution is -0.137. The highest BCUT2D eigenvalue weighted by Gasteiger charge is 2.30. The number of anilines is 3. The predicted molar refractivity (Wildman–Crippen MR) is 148 cm³/mol. The van der Waals surface area contributed by atoms with Gasteiger partial charge in [0.25, 0.3) is 0 Å². The molecule has 0 bridgehead atoms. The maximum Gasteiger partial charge on any atom is 0.416 e. The van der Waals surface area contributed by atoms with Gasteiger partial charge in [-0.15, -0.1) is 0 Å². The first-order valence-electron chi connectivity index (χ1n) is 12.6. The number of aromatic nitrogens is 2. The summed E-state index contributed by atoms with van der Waals surface area (Å²) in [6, 6.07) is 12.2. The number of carbonyl (C=O) groups excluding carboxylic acids is 1. The van der Waals surface area contributed by atoms with E-state index in [1.807, 2.05) is 16.5 Å². The van der Waals surface area contributed by atoms with Gasteiger partial charge in [-0.3, -0.25) is 9.20 Å². The van der Waals surface area contributed by atoms with Gasteiger partial charge in [-0.25, -0.2) is 9.78 Å². The average Bonchev–Trinajstić information content (AvgIpc) is 3.34. The van der Waals surface area contributed by atoms with Crippen LogP contribution in [0.25, 0.3) is 27.3 Å². The van der Waals surface area contributed by atoms with E-state index in [2.05, 4.69) is 39.7 Å². The standard InChI is InChI=1S/C28H27F3N6O2/c1-3-36(4-2)13-12-32-21-9-10-22-25-24(21)26(38)20-15-19(8-11-23(20)37(25)16-33-22)35-27(39)34-18-7-5-6-17(14-18)28(29,30)31/h5-11,14-16,32H,3-4,12-13H2,1-2H3,(H2,34,35,39). The van der Waals surface area contributed by atoms with Gasteiger partial charge in [-0.1, -0.05) is 19.9 Å². The van der Waals surface area contributed by atoms with E-state index in [1.54, 1.807) is 24.5 Å². The summed E-state index contributed by atoms with van der Waals surface area (Å²) in [5, 5.41) is 9.28. The molecule has 0 atom stereocenters. The third-order valence-corrected chi connectivity index (χ3v) is 6.78. The van der Waals surface area contributed by atoms with E-state index in [1.165, 1.54) is 12.1 Å². The lowest BCUT2D eigenvalue weighted by atomic mass is 10.1. The molecule has 0 aliphatic carbocycles. The second-order valence-electron chi connectivity index (χ2n) is 9.14. The van der Waals surface area contributed by atoms with Gasteiger partial charge in [0.05, 0.1) is 27.5 Å². The molecule has 3 N–H and O–H groups in total. The number of pyridine rings is 1. The molecule has 11 heteroatoms. The van der Waals surface area contributed by atoms with Gasteiger partial charge in [0, 0.05) is 35.5 Å². The van der Waals surface area contributed by atoms with E-state index in [0.717, 1.165) is 31.8 Å². The SMILES string of the molecule is CCN(CC)CCNc1ccc2ncn3c4ccc(NC(=O)Nc5cccc(C(F)(F)F)c5)cc4c(=O)c1c23. The molecule has 39 heavy (non-hydrogen) atoms. The summed E-state index contributed by atoms with van der Waals surface area (Å²) in [7, 11) is 0. The fourth-order valence-corrected chi connectivity index (χ4v) is 4.76. The molecule has 0 aliphatic rings. The minimum Gasteiger partial charge on any atom is -0.383 e. The number of carbonyl (C=O) groups is 1. The van der Waals surface area contributed by atoms with Gasteiger partial charge in [0.1, 0.15) is 6.33 Å². The molecule has 0 aliphatic heterocycles. The largest absolute Gasteiger partial charge is 0.416 e. The van der Waals surface area contributed by atoms with E-state index in [-0.39, 0.29) is 11.1 Å². The monoisotopic (exact) mass is 536 g/mol. The van der Waals surface area contributed by atoms with Crippen LogP contribution in [-0.2, 0) is 6.18 Å². The van der Waals surface area contributed by atoms with Gasteiger partial charge in [0.15, 0.2) is 5.43 Å². The molecule has 0 unspecified atom stereocenters. The molecule has 0 fully saturated rings. The van der Waals surface area contributed by atoms with E-state index < -0.39 is 17.8 Å². The quantitative estimate of drug-likeness (QED) is 0.216. The highest BCUT2D eigenvalue weighted by Crippen LogP contribution is 2.31. The third kappa shape index (κ3) is 5.17. The second-order valence-corrected chi connectivity index (χ2v) is 9.14. The van der Waals surface area contributed by atoms with Crippen LogP contribution in [0.2, 0.25) is 0 Å². The topological polar surface area (TPSA) is 90.8 Å². The van der Waals surface area contributed by atoms with Crippen LogP contribution in [0.1, 0.15) is 19.4 Å². The molecule has 8 nitrogen and oxygen atoms in total. The fraction of sp³-hybridized carbons (Fsp3) is 0.250. The zero-order chi connectivity index (χ0) is 27.7. The molecule has 0 radical (unpaired) electrons. The summed E-state index contributed by atoms with van der Waals surface area (Å²) in [5.74, 6) is 0. The van der Waals surface area contributed by atoms with Crippen LogP contribution in [0.4, 0.5) is 35.0 Å². The highest BCUT2D eigenvalue weighted by atomic mass is 19.4. The summed E-state index contributed by atoms with van der Waals surface area (Å²) in [4.78, 5) is 33.1. The Morgan fingerprint density at radius 3 is 2.46 bits per heavy atom. The van der Waals surface area contributed by atoms with Crippen molar-refractivity contribution in [3.05, 3.63) is 76.7 Å². The Hall–Kier alpha value is -4.38. The lowest BCUT2D eigenvalue weighted by Gasteiger charge is -2.19. The van der Waals surface area contributed by atoms with Crippen molar-refractivity contribution in [3.8, 4) is 0 Å². The van der Waals surface area contributed by atoms with E-state index >= 15 is 0 Å². The van der Waals surface area contributed by atoms with E-state index in [0.29, 0.717) is 45.2 Å². The van der Waals surface area contributed by atoms with Gasteiger partial charge in [0.2, 0.25) is 0 Å². The molecule has 0 saturated heterocycles. The first-order valence-corrected chi connectivity index (χ1v) is 12.6. The number of fused-ring (bicyclic) bond motifs is 2. The molecule has 0 spiro atoms. The second kappa shape index (κ2) is 10.4. The summed E-state index contributed by atoms with van der Waals surface area (Å²) in [6.07, 6.45) is -2.87. The Kier molecular flexibility index (Phi) is 7.00. The van der Waals surface area contributed by atoms with Gasteiger partial charge in [-0.2, -0.15) is 13.2 Å². The number of alkyl halides is 3. The number of rotatable bonds is 8.